The molecule has 1 amide bonds. The largest absolute Gasteiger partial charge is 0.460 e. The molecule has 0 spiro atoms. The third-order valence-electron chi connectivity index (χ3n) is 3.78. The van der Waals surface area contributed by atoms with Gasteiger partial charge in [0.2, 0.25) is 5.91 Å². The lowest BCUT2D eigenvalue weighted by Gasteiger charge is -2.41. The molecule has 1 aliphatic rings. The zero-order chi connectivity index (χ0) is 17.0. The number of amides is 1. The second-order valence-electron chi connectivity index (χ2n) is 8.09. The second kappa shape index (κ2) is 7.44. The van der Waals surface area contributed by atoms with E-state index in [1.807, 2.05) is 20.8 Å². The van der Waals surface area contributed by atoms with E-state index in [4.69, 9.17) is 4.74 Å². The Hall–Kier alpha value is -1.10. The van der Waals surface area contributed by atoms with Gasteiger partial charge >= 0.3 is 5.97 Å². The van der Waals surface area contributed by atoms with E-state index in [2.05, 4.69) is 31.0 Å². The number of hydrogen-bond donors (Lipinski definition) is 1. The molecular weight excluding hydrogens is 280 g/mol. The van der Waals surface area contributed by atoms with Crippen LogP contribution in [0.1, 0.15) is 67.2 Å². The molecule has 0 bridgehead atoms. The van der Waals surface area contributed by atoms with E-state index in [0.29, 0.717) is 0 Å². The molecule has 1 saturated heterocycles. The van der Waals surface area contributed by atoms with Gasteiger partial charge in [-0.25, -0.2) is 0 Å². The van der Waals surface area contributed by atoms with Crippen LogP contribution >= 0.6 is 0 Å². The van der Waals surface area contributed by atoms with Crippen LogP contribution in [0.4, 0.5) is 0 Å². The molecule has 0 aromatic carbocycles. The SMILES string of the molecule is CC(C)(C)OC(=O)CCC(=O)NC1CCN(C(C)(C)C)CC1. The van der Waals surface area contributed by atoms with Gasteiger partial charge in [-0.05, 0) is 54.4 Å². The number of esters is 1. The number of carbonyl (C=O) groups is 2. The van der Waals surface area contributed by atoms with Crippen LogP contribution in [0.5, 0.6) is 0 Å². The minimum atomic E-state index is -0.493. The number of piperidine rings is 1. The molecule has 1 rings (SSSR count). The molecule has 0 aromatic heterocycles. The second-order valence-corrected chi connectivity index (χ2v) is 8.09. The van der Waals surface area contributed by atoms with Crippen LogP contribution in [-0.2, 0) is 14.3 Å². The Labute approximate surface area is 134 Å². The minimum absolute atomic E-state index is 0.0555. The van der Waals surface area contributed by atoms with Crippen LogP contribution in [-0.4, -0.2) is 47.0 Å². The molecule has 1 N–H and O–H groups in total. The van der Waals surface area contributed by atoms with Gasteiger partial charge in [0.05, 0.1) is 6.42 Å². The quantitative estimate of drug-likeness (QED) is 0.810. The molecule has 0 saturated carbocycles. The third-order valence-corrected chi connectivity index (χ3v) is 3.78. The van der Waals surface area contributed by atoms with E-state index in [-0.39, 0.29) is 36.3 Å². The number of hydrogen-bond acceptors (Lipinski definition) is 4. The van der Waals surface area contributed by atoms with Crippen molar-refractivity contribution in [2.75, 3.05) is 13.1 Å². The van der Waals surface area contributed by atoms with Gasteiger partial charge in [-0.1, -0.05) is 0 Å². The van der Waals surface area contributed by atoms with Gasteiger partial charge in [0.25, 0.3) is 0 Å². The summed E-state index contributed by atoms with van der Waals surface area (Å²) in [4.78, 5) is 26.0. The molecule has 0 radical (unpaired) electrons. The summed E-state index contributed by atoms with van der Waals surface area (Å²) in [5, 5.41) is 3.04. The fourth-order valence-corrected chi connectivity index (χ4v) is 2.60. The number of likely N-dealkylation sites (tertiary alicyclic amines) is 1. The summed E-state index contributed by atoms with van der Waals surface area (Å²) in [6.07, 6.45) is 2.28. The third kappa shape index (κ3) is 7.25. The van der Waals surface area contributed by atoms with Crippen LogP contribution in [0.2, 0.25) is 0 Å². The zero-order valence-electron chi connectivity index (χ0n) is 15.0. The Balaban J connectivity index is 2.26. The Morgan fingerprint density at radius 2 is 1.59 bits per heavy atom. The topological polar surface area (TPSA) is 58.6 Å². The van der Waals surface area contributed by atoms with E-state index in [1.165, 1.54) is 0 Å². The summed E-state index contributed by atoms with van der Waals surface area (Å²) in [5.74, 6) is -0.370. The van der Waals surface area contributed by atoms with Crippen molar-refractivity contribution >= 4 is 11.9 Å². The monoisotopic (exact) mass is 312 g/mol. The van der Waals surface area contributed by atoms with Crippen molar-refractivity contribution in [3.63, 3.8) is 0 Å². The molecule has 1 fully saturated rings. The van der Waals surface area contributed by atoms with Crippen molar-refractivity contribution in [1.82, 2.24) is 10.2 Å². The lowest BCUT2D eigenvalue weighted by atomic mass is 9.98. The van der Waals surface area contributed by atoms with Crippen molar-refractivity contribution in [2.24, 2.45) is 0 Å². The molecule has 0 aliphatic carbocycles. The number of nitrogens with zero attached hydrogens (tertiary/aromatic N) is 1. The van der Waals surface area contributed by atoms with Gasteiger partial charge in [-0.3, -0.25) is 14.5 Å². The summed E-state index contributed by atoms with van der Waals surface area (Å²) in [6.45, 7) is 14.1. The minimum Gasteiger partial charge on any atom is -0.460 e. The summed E-state index contributed by atoms with van der Waals surface area (Å²) in [7, 11) is 0. The first-order valence-corrected chi connectivity index (χ1v) is 8.23. The molecule has 5 heteroatoms. The van der Waals surface area contributed by atoms with Crippen LogP contribution in [0.15, 0.2) is 0 Å². The Kier molecular flexibility index (Phi) is 6.41. The van der Waals surface area contributed by atoms with Gasteiger partial charge < -0.3 is 10.1 Å². The summed E-state index contributed by atoms with van der Waals surface area (Å²) in [5.41, 5.74) is -0.307. The highest BCUT2D eigenvalue weighted by Crippen LogP contribution is 2.20. The number of rotatable bonds is 4. The fraction of sp³-hybridized carbons (Fsp3) is 0.882. The van der Waals surface area contributed by atoms with Crippen molar-refractivity contribution in [1.29, 1.82) is 0 Å². The highest BCUT2D eigenvalue weighted by molar-refractivity contribution is 5.81. The molecule has 0 atom stereocenters. The average molecular weight is 312 g/mol. The smallest absolute Gasteiger partial charge is 0.306 e. The number of nitrogens with one attached hydrogen (secondary N) is 1. The predicted octanol–water partition coefficient (Wildman–Crippen LogP) is 2.49. The van der Waals surface area contributed by atoms with Crippen LogP contribution in [0.3, 0.4) is 0 Å². The number of ether oxygens (including phenoxy) is 1. The number of carbonyl (C=O) groups excluding carboxylic acids is 2. The van der Waals surface area contributed by atoms with E-state index >= 15 is 0 Å². The predicted molar refractivity (Wildman–Crippen MR) is 87.6 cm³/mol. The highest BCUT2D eigenvalue weighted by Gasteiger charge is 2.27. The van der Waals surface area contributed by atoms with E-state index in [9.17, 15) is 9.59 Å². The van der Waals surface area contributed by atoms with Gasteiger partial charge in [-0.2, -0.15) is 0 Å². The molecule has 1 aliphatic heterocycles. The summed E-state index contributed by atoms with van der Waals surface area (Å²) < 4.78 is 5.20. The first-order valence-electron chi connectivity index (χ1n) is 8.23. The molecular formula is C17H32N2O3. The van der Waals surface area contributed by atoms with E-state index in [0.717, 1.165) is 25.9 Å². The van der Waals surface area contributed by atoms with Gasteiger partial charge in [0.1, 0.15) is 5.60 Å². The fourth-order valence-electron chi connectivity index (χ4n) is 2.60. The molecule has 128 valence electrons. The first kappa shape index (κ1) is 18.9. The van der Waals surface area contributed by atoms with Gasteiger partial charge in [0, 0.05) is 31.1 Å². The average Bonchev–Trinajstić information content (AvgIpc) is 2.34. The van der Waals surface area contributed by atoms with Crippen LogP contribution < -0.4 is 5.32 Å². The maximum Gasteiger partial charge on any atom is 0.306 e. The summed E-state index contributed by atoms with van der Waals surface area (Å²) >= 11 is 0. The standard InChI is InChI=1S/C17H32N2O3/c1-16(2,3)19-11-9-13(10-12-19)18-14(20)7-8-15(21)22-17(4,5)6/h13H,7-12H2,1-6H3,(H,18,20). The van der Waals surface area contributed by atoms with Gasteiger partial charge in [-0.15, -0.1) is 0 Å². The normalized spacial score (nSPS) is 18.1. The highest BCUT2D eigenvalue weighted by atomic mass is 16.6. The maximum absolute atomic E-state index is 11.9. The summed E-state index contributed by atoms with van der Waals surface area (Å²) in [6, 6.07) is 0.227. The molecule has 1 heterocycles. The lowest BCUT2D eigenvalue weighted by Crippen LogP contribution is -2.50. The maximum atomic E-state index is 11.9. The van der Waals surface area contributed by atoms with E-state index in [1.54, 1.807) is 0 Å². The Morgan fingerprint density at radius 3 is 2.05 bits per heavy atom. The van der Waals surface area contributed by atoms with Crippen molar-refractivity contribution in [3.8, 4) is 0 Å². The van der Waals surface area contributed by atoms with E-state index < -0.39 is 5.60 Å². The van der Waals surface area contributed by atoms with Crippen molar-refractivity contribution < 1.29 is 14.3 Å². The molecule has 0 aromatic rings. The Bertz CT molecular complexity index is 386. The Morgan fingerprint density at radius 1 is 1.05 bits per heavy atom. The van der Waals surface area contributed by atoms with Crippen molar-refractivity contribution in [3.05, 3.63) is 0 Å². The van der Waals surface area contributed by atoms with Crippen LogP contribution in [0.25, 0.3) is 0 Å². The van der Waals surface area contributed by atoms with Crippen molar-refractivity contribution in [2.45, 2.75) is 84.4 Å². The van der Waals surface area contributed by atoms with Crippen LogP contribution in [0, 0.1) is 0 Å². The zero-order valence-corrected chi connectivity index (χ0v) is 15.0. The van der Waals surface area contributed by atoms with Gasteiger partial charge in [0.15, 0.2) is 0 Å². The molecule has 5 nitrogen and oxygen atoms in total. The lowest BCUT2D eigenvalue weighted by molar-refractivity contribution is -0.155. The molecule has 0 unspecified atom stereocenters. The first-order chi connectivity index (χ1) is 9.97. The molecule has 22 heavy (non-hydrogen) atoms.